The number of nitrogens with one attached hydrogen (secondary N) is 1. The number of hydrogen-bond acceptors (Lipinski definition) is 2. The van der Waals surface area contributed by atoms with E-state index in [0.717, 1.165) is 5.69 Å². The summed E-state index contributed by atoms with van der Waals surface area (Å²) in [4.78, 5) is 4.16. The molecule has 0 aliphatic carbocycles. The van der Waals surface area contributed by atoms with Gasteiger partial charge in [-0.25, -0.2) is 0 Å². The number of hydrogen-bond donors (Lipinski definition) is 3. The van der Waals surface area contributed by atoms with Gasteiger partial charge in [0.25, 0.3) is 0 Å². The molecule has 0 radical (unpaired) electrons. The number of aliphatic hydroxyl groups excluding tert-OH is 1. The van der Waals surface area contributed by atoms with E-state index in [1.807, 2.05) is 37.3 Å². The van der Waals surface area contributed by atoms with Crippen molar-refractivity contribution in [2.24, 2.45) is 10.7 Å². The van der Waals surface area contributed by atoms with Crippen LogP contribution in [-0.4, -0.2) is 17.6 Å². The summed E-state index contributed by atoms with van der Waals surface area (Å²) in [5.74, 6) is 0.259. The molecule has 0 saturated carbocycles. The van der Waals surface area contributed by atoms with Gasteiger partial charge in [0, 0.05) is 16.3 Å². The number of benzene rings is 2. The van der Waals surface area contributed by atoms with Crippen LogP contribution in [0.25, 0.3) is 0 Å². The number of nitrogens with zero attached hydrogens (tertiary/aromatic N) is 1. The van der Waals surface area contributed by atoms with Gasteiger partial charge in [-0.3, -0.25) is 4.99 Å². The Morgan fingerprint density at radius 1 is 1.22 bits per heavy atom. The first-order chi connectivity index (χ1) is 10.5. The van der Waals surface area contributed by atoms with Crippen LogP contribution in [0.3, 0.4) is 0 Å². The van der Waals surface area contributed by atoms with Crippen LogP contribution in [0.4, 0.5) is 5.69 Å². The Bertz CT molecular complexity index is 691. The van der Waals surface area contributed by atoms with Gasteiger partial charge in [0.1, 0.15) is 6.10 Å². The molecule has 2 aromatic rings. The van der Waals surface area contributed by atoms with Gasteiger partial charge in [-0.15, -0.1) is 24.0 Å². The Kier molecular flexibility index (Phi) is 7.81. The standard InChI is InChI=1S/C17H20ClN3O.HI/c1-11-7-8-13(9-12(11)2)21-17(19)20-10-16(22)14-5-3-4-6-15(14)18;/h3-9,16,22H,10H2,1-2H3,(H3,19,20,21);1H. The fourth-order valence-electron chi connectivity index (χ4n) is 2.04. The van der Waals surface area contributed by atoms with Crippen molar-refractivity contribution in [1.29, 1.82) is 0 Å². The molecule has 0 heterocycles. The molecule has 0 aliphatic rings. The number of anilines is 1. The zero-order valence-corrected chi connectivity index (χ0v) is 16.2. The zero-order valence-electron chi connectivity index (χ0n) is 13.1. The fraction of sp³-hybridized carbons (Fsp3) is 0.235. The third kappa shape index (κ3) is 5.67. The first kappa shape index (κ1) is 19.7. The molecule has 2 aromatic carbocycles. The third-order valence-electron chi connectivity index (χ3n) is 3.48. The molecule has 4 N–H and O–H groups in total. The summed E-state index contributed by atoms with van der Waals surface area (Å²) >= 11 is 6.04. The lowest BCUT2D eigenvalue weighted by molar-refractivity contribution is 0.187. The van der Waals surface area contributed by atoms with Crippen LogP contribution in [0.5, 0.6) is 0 Å². The lowest BCUT2D eigenvalue weighted by Gasteiger charge is -2.12. The number of aryl methyl sites for hydroxylation is 2. The second-order valence-corrected chi connectivity index (χ2v) is 5.59. The molecule has 0 aromatic heterocycles. The van der Waals surface area contributed by atoms with E-state index in [-0.39, 0.29) is 36.5 Å². The minimum Gasteiger partial charge on any atom is -0.386 e. The Labute approximate surface area is 158 Å². The fourth-order valence-corrected chi connectivity index (χ4v) is 2.30. The third-order valence-corrected chi connectivity index (χ3v) is 3.82. The summed E-state index contributed by atoms with van der Waals surface area (Å²) in [6.45, 7) is 4.24. The maximum absolute atomic E-state index is 10.1. The summed E-state index contributed by atoms with van der Waals surface area (Å²) in [7, 11) is 0. The molecule has 23 heavy (non-hydrogen) atoms. The van der Waals surface area contributed by atoms with Crippen LogP contribution in [0.2, 0.25) is 5.02 Å². The molecule has 4 nitrogen and oxygen atoms in total. The van der Waals surface area contributed by atoms with Crippen LogP contribution in [0, 0.1) is 13.8 Å². The molecule has 2 rings (SSSR count). The van der Waals surface area contributed by atoms with Crippen LogP contribution in [0.15, 0.2) is 47.5 Å². The van der Waals surface area contributed by atoms with Crippen molar-refractivity contribution in [3.05, 3.63) is 64.2 Å². The van der Waals surface area contributed by atoms with Gasteiger partial charge in [0.05, 0.1) is 6.54 Å². The van der Waals surface area contributed by atoms with E-state index in [2.05, 4.69) is 17.2 Å². The monoisotopic (exact) mass is 445 g/mol. The average Bonchev–Trinajstić information content (AvgIpc) is 2.49. The van der Waals surface area contributed by atoms with Gasteiger partial charge in [-0.05, 0) is 43.2 Å². The number of halogens is 2. The topological polar surface area (TPSA) is 70.6 Å². The highest BCUT2D eigenvalue weighted by Gasteiger charge is 2.10. The van der Waals surface area contributed by atoms with E-state index in [1.165, 1.54) is 11.1 Å². The highest BCUT2D eigenvalue weighted by molar-refractivity contribution is 14.0. The summed E-state index contributed by atoms with van der Waals surface area (Å²) in [5, 5.41) is 13.7. The summed E-state index contributed by atoms with van der Waals surface area (Å²) in [6, 6.07) is 13.1. The Hall–Kier alpha value is -1.31. The van der Waals surface area contributed by atoms with Crippen molar-refractivity contribution in [3.8, 4) is 0 Å². The Balaban J connectivity index is 0.00000264. The van der Waals surface area contributed by atoms with E-state index in [4.69, 9.17) is 17.3 Å². The largest absolute Gasteiger partial charge is 0.386 e. The normalized spacial score (nSPS) is 12.4. The van der Waals surface area contributed by atoms with Crippen LogP contribution >= 0.6 is 35.6 Å². The number of rotatable bonds is 4. The van der Waals surface area contributed by atoms with Gasteiger partial charge in [-0.2, -0.15) is 0 Å². The highest BCUT2D eigenvalue weighted by Crippen LogP contribution is 2.22. The smallest absolute Gasteiger partial charge is 0.193 e. The van der Waals surface area contributed by atoms with E-state index in [1.54, 1.807) is 12.1 Å². The van der Waals surface area contributed by atoms with Crippen molar-refractivity contribution in [2.75, 3.05) is 11.9 Å². The minimum absolute atomic E-state index is 0. The average molecular weight is 446 g/mol. The number of guanidine groups is 1. The highest BCUT2D eigenvalue weighted by atomic mass is 127. The maximum Gasteiger partial charge on any atom is 0.193 e. The van der Waals surface area contributed by atoms with Crippen molar-refractivity contribution >= 4 is 47.2 Å². The number of aliphatic imine (C=N–C) groups is 1. The van der Waals surface area contributed by atoms with Crippen LogP contribution in [0.1, 0.15) is 22.8 Å². The molecule has 1 atom stereocenters. The van der Waals surface area contributed by atoms with Crippen molar-refractivity contribution < 1.29 is 5.11 Å². The van der Waals surface area contributed by atoms with Gasteiger partial charge in [0.15, 0.2) is 5.96 Å². The molecule has 0 fully saturated rings. The molecule has 1 unspecified atom stereocenters. The Morgan fingerprint density at radius 2 is 1.91 bits per heavy atom. The van der Waals surface area contributed by atoms with Crippen LogP contribution < -0.4 is 11.1 Å². The lowest BCUT2D eigenvalue weighted by Crippen LogP contribution is -2.23. The molecular weight excluding hydrogens is 425 g/mol. The molecule has 0 bridgehead atoms. The first-order valence-corrected chi connectivity index (χ1v) is 7.42. The molecular formula is C17H21ClIN3O. The predicted molar refractivity (Wildman–Crippen MR) is 108 cm³/mol. The lowest BCUT2D eigenvalue weighted by atomic mass is 10.1. The van der Waals surface area contributed by atoms with Crippen molar-refractivity contribution in [3.63, 3.8) is 0 Å². The van der Waals surface area contributed by atoms with Gasteiger partial charge in [-0.1, -0.05) is 35.9 Å². The van der Waals surface area contributed by atoms with E-state index < -0.39 is 6.10 Å². The quantitative estimate of drug-likeness (QED) is 0.378. The zero-order chi connectivity index (χ0) is 16.1. The number of nitrogens with two attached hydrogens (primary N) is 1. The predicted octanol–water partition coefficient (Wildman–Crippen LogP) is 4.04. The minimum atomic E-state index is -0.784. The summed E-state index contributed by atoms with van der Waals surface area (Å²) < 4.78 is 0. The molecule has 6 heteroatoms. The molecule has 0 aliphatic heterocycles. The maximum atomic E-state index is 10.1. The van der Waals surface area contributed by atoms with E-state index >= 15 is 0 Å². The first-order valence-electron chi connectivity index (χ1n) is 7.04. The van der Waals surface area contributed by atoms with Crippen molar-refractivity contribution in [1.82, 2.24) is 0 Å². The van der Waals surface area contributed by atoms with E-state index in [9.17, 15) is 5.11 Å². The molecule has 0 spiro atoms. The molecule has 0 saturated heterocycles. The second kappa shape index (κ2) is 9.10. The van der Waals surface area contributed by atoms with Gasteiger partial charge in [0.2, 0.25) is 0 Å². The molecule has 0 amide bonds. The van der Waals surface area contributed by atoms with Gasteiger partial charge < -0.3 is 16.2 Å². The molecule has 124 valence electrons. The SMILES string of the molecule is Cc1ccc(NC(N)=NCC(O)c2ccccc2Cl)cc1C.I. The second-order valence-electron chi connectivity index (χ2n) is 5.19. The number of aliphatic hydroxyl groups is 1. The van der Waals surface area contributed by atoms with E-state index in [0.29, 0.717) is 10.6 Å². The summed E-state index contributed by atoms with van der Waals surface area (Å²) in [6.07, 6.45) is -0.784. The summed E-state index contributed by atoms with van der Waals surface area (Å²) in [5.41, 5.74) is 9.76. The van der Waals surface area contributed by atoms with Gasteiger partial charge >= 0.3 is 0 Å². The van der Waals surface area contributed by atoms with Crippen molar-refractivity contribution in [2.45, 2.75) is 20.0 Å². The van der Waals surface area contributed by atoms with Crippen LogP contribution in [-0.2, 0) is 0 Å². The Morgan fingerprint density at radius 3 is 2.57 bits per heavy atom.